The van der Waals surface area contributed by atoms with Crippen LogP contribution >= 0.6 is 0 Å². The smallest absolute Gasteiger partial charge is 0.0162 e. The lowest BCUT2D eigenvalue weighted by Gasteiger charge is -2.14. The van der Waals surface area contributed by atoms with E-state index in [4.69, 9.17) is 0 Å². The molecule has 1 rings (SSSR count). The summed E-state index contributed by atoms with van der Waals surface area (Å²) in [6.45, 7) is 12.0. The highest BCUT2D eigenvalue weighted by atomic mass is 15.1. The molecular weight excluding hydrogens is 160 g/mol. The van der Waals surface area contributed by atoms with E-state index in [2.05, 4.69) is 23.7 Å². The number of hydrogen-bond acceptors (Lipinski definition) is 2. The highest BCUT2D eigenvalue weighted by molar-refractivity contribution is 4.94. The first-order chi connectivity index (χ1) is 6.33. The van der Waals surface area contributed by atoms with E-state index in [0.29, 0.717) is 0 Å². The van der Waals surface area contributed by atoms with Gasteiger partial charge in [0.05, 0.1) is 0 Å². The first-order valence-corrected chi connectivity index (χ1v) is 5.42. The zero-order chi connectivity index (χ0) is 9.52. The molecule has 1 fully saturated rings. The molecule has 1 aliphatic rings. The van der Waals surface area contributed by atoms with Gasteiger partial charge in [-0.05, 0) is 32.4 Å². The minimum atomic E-state index is 0.990. The first-order valence-electron chi connectivity index (χ1n) is 5.42. The van der Waals surface area contributed by atoms with Gasteiger partial charge < -0.3 is 10.2 Å². The van der Waals surface area contributed by atoms with Gasteiger partial charge in [0.15, 0.2) is 0 Å². The van der Waals surface area contributed by atoms with Crippen molar-refractivity contribution in [2.45, 2.75) is 26.2 Å². The highest BCUT2D eigenvalue weighted by Gasteiger charge is 2.09. The molecule has 2 heteroatoms. The topological polar surface area (TPSA) is 15.3 Å². The molecule has 13 heavy (non-hydrogen) atoms. The van der Waals surface area contributed by atoms with Crippen LogP contribution in [0, 0.1) is 0 Å². The Bertz CT molecular complexity index is 148. The van der Waals surface area contributed by atoms with Crippen molar-refractivity contribution in [3.63, 3.8) is 0 Å². The molecule has 0 bridgehead atoms. The standard InChI is InChI=1S/C11H22N2/c1-3-11(2)10-12-6-9-13-7-4-5-8-13/h12H,2-10H2,1H3. The summed E-state index contributed by atoms with van der Waals surface area (Å²) in [5.41, 5.74) is 1.31. The monoisotopic (exact) mass is 182 g/mol. The summed E-state index contributed by atoms with van der Waals surface area (Å²) in [6, 6.07) is 0. The molecule has 1 saturated heterocycles. The second kappa shape index (κ2) is 6.17. The predicted octanol–water partition coefficient (Wildman–Crippen LogP) is 1.64. The third-order valence-corrected chi connectivity index (χ3v) is 2.68. The molecule has 76 valence electrons. The second-order valence-electron chi connectivity index (χ2n) is 3.83. The maximum Gasteiger partial charge on any atom is 0.0162 e. The number of rotatable bonds is 6. The SMILES string of the molecule is C=C(CC)CNCCN1CCCC1. The van der Waals surface area contributed by atoms with Gasteiger partial charge in [0.1, 0.15) is 0 Å². The van der Waals surface area contributed by atoms with Gasteiger partial charge in [0.2, 0.25) is 0 Å². The van der Waals surface area contributed by atoms with Crippen molar-refractivity contribution >= 4 is 0 Å². The van der Waals surface area contributed by atoms with Crippen molar-refractivity contribution in [2.24, 2.45) is 0 Å². The van der Waals surface area contributed by atoms with Crippen LogP contribution in [-0.4, -0.2) is 37.6 Å². The van der Waals surface area contributed by atoms with Crippen LogP contribution in [0.25, 0.3) is 0 Å². The third kappa shape index (κ3) is 4.44. The van der Waals surface area contributed by atoms with Crippen molar-refractivity contribution in [3.8, 4) is 0 Å². The average molecular weight is 182 g/mol. The molecule has 1 N–H and O–H groups in total. The summed E-state index contributed by atoms with van der Waals surface area (Å²) in [7, 11) is 0. The van der Waals surface area contributed by atoms with Crippen molar-refractivity contribution in [3.05, 3.63) is 12.2 Å². The average Bonchev–Trinajstić information content (AvgIpc) is 2.64. The molecule has 0 spiro atoms. The van der Waals surface area contributed by atoms with E-state index >= 15 is 0 Å². The summed E-state index contributed by atoms with van der Waals surface area (Å²) >= 11 is 0. The van der Waals surface area contributed by atoms with E-state index in [1.165, 1.54) is 38.0 Å². The largest absolute Gasteiger partial charge is 0.312 e. The maximum absolute atomic E-state index is 3.97. The zero-order valence-electron chi connectivity index (χ0n) is 8.81. The van der Waals surface area contributed by atoms with Gasteiger partial charge in [0, 0.05) is 19.6 Å². The Labute approximate surface area is 82.0 Å². The van der Waals surface area contributed by atoms with Gasteiger partial charge in [-0.3, -0.25) is 0 Å². The van der Waals surface area contributed by atoms with Crippen LogP contribution in [0.5, 0.6) is 0 Å². The first kappa shape index (κ1) is 10.7. The molecule has 2 nitrogen and oxygen atoms in total. The van der Waals surface area contributed by atoms with Crippen molar-refractivity contribution in [1.29, 1.82) is 0 Å². The van der Waals surface area contributed by atoms with Crippen LogP contribution in [0.1, 0.15) is 26.2 Å². The molecule has 0 atom stereocenters. The Morgan fingerprint density at radius 1 is 1.38 bits per heavy atom. The minimum absolute atomic E-state index is 0.990. The normalized spacial score (nSPS) is 17.9. The van der Waals surface area contributed by atoms with E-state index in [0.717, 1.165) is 19.5 Å². The van der Waals surface area contributed by atoms with Crippen LogP contribution in [-0.2, 0) is 0 Å². The maximum atomic E-state index is 3.97. The lowest BCUT2D eigenvalue weighted by molar-refractivity contribution is 0.338. The van der Waals surface area contributed by atoms with Crippen LogP contribution in [0.3, 0.4) is 0 Å². The Morgan fingerprint density at radius 3 is 2.69 bits per heavy atom. The molecule has 0 aromatic rings. The lowest BCUT2D eigenvalue weighted by Crippen LogP contribution is -2.30. The molecule has 0 aliphatic carbocycles. The zero-order valence-corrected chi connectivity index (χ0v) is 8.81. The molecular formula is C11H22N2. The van der Waals surface area contributed by atoms with Crippen molar-refractivity contribution in [1.82, 2.24) is 10.2 Å². The number of nitrogens with one attached hydrogen (secondary N) is 1. The Morgan fingerprint density at radius 2 is 2.08 bits per heavy atom. The number of likely N-dealkylation sites (tertiary alicyclic amines) is 1. The van der Waals surface area contributed by atoms with Crippen molar-refractivity contribution < 1.29 is 0 Å². The molecule has 0 aromatic carbocycles. The van der Waals surface area contributed by atoms with Crippen LogP contribution in [0.4, 0.5) is 0 Å². The van der Waals surface area contributed by atoms with Crippen molar-refractivity contribution in [2.75, 3.05) is 32.7 Å². The summed E-state index contributed by atoms with van der Waals surface area (Å²) in [4.78, 5) is 2.53. The quantitative estimate of drug-likeness (QED) is 0.496. The third-order valence-electron chi connectivity index (χ3n) is 2.68. The van der Waals surface area contributed by atoms with Gasteiger partial charge in [0.25, 0.3) is 0 Å². The van der Waals surface area contributed by atoms with Gasteiger partial charge >= 0.3 is 0 Å². The van der Waals surface area contributed by atoms with E-state index < -0.39 is 0 Å². The summed E-state index contributed by atoms with van der Waals surface area (Å²) < 4.78 is 0. The van der Waals surface area contributed by atoms with Gasteiger partial charge in [-0.1, -0.05) is 19.1 Å². The lowest BCUT2D eigenvalue weighted by atomic mass is 10.2. The molecule has 0 aromatic heterocycles. The molecule has 0 radical (unpaired) electrons. The van der Waals surface area contributed by atoms with Gasteiger partial charge in [-0.15, -0.1) is 0 Å². The Balaban J connectivity index is 1.91. The minimum Gasteiger partial charge on any atom is -0.312 e. The summed E-state index contributed by atoms with van der Waals surface area (Å²) in [5, 5.41) is 3.42. The summed E-state index contributed by atoms with van der Waals surface area (Å²) in [5.74, 6) is 0. The molecule has 0 saturated carbocycles. The molecule has 1 aliphatic heterocycles. The second-order valence-corrected chi connectivity index (χ2v) is 3.83. The Hall–Kier alpha value is -0.340. The van der Waals surface area contributed by atoms with Crippen LogP contribution in [0.2, 0.25) is 0 Å². The predicted molar refractivity (Wildman–Crippen MR) is 58.0 cm³/mol. The van der Waals surface area contributed by atoms with Gasteiger partial charge in [-0.2, -0.15) is 0 Å². The number of nitrogens with zero attached hydrogens (tertiary/aromatic N) is 1. The molecule has 1 heterocycles. The fourth-order valence-electron chi connectivity index (χ4n) is 1.63. The fourth-order valence-corrected chi connectivity index (χ4v) is 1.63. The fraction of sp³-hybridized carbons (Fsp3) is 0.818. The van der Waals surface area contributed by atoms with E-state index in [9.17, 15) is 0 Å². The van der Waals surface area contributed by atoms with Crippen LogP contribution in [0.15, 0.2) is 12.2 Å². The van der Waals surface area contributed by atoms with E-state index in [1.807, 2.05) is 0 Å². The molecule has 0 amide bonds. The van der Waals surface area contributed by atoms with Gasteiger partial charge in [-0.25, -0.2) is 0 Å². The Kier molecular flexibility index (Phi) is 5.09. The van der Waals surface area contributed by atoms with E-state index in [1.54, 1.807) is 0 Å². The van der Waals surface area contributed by atoms with E-state index in [-0.39, 0.29) is 0 Å². The number of hydrogen-bond donors (Lipinski definition) is 1. The van der Waals surface area contributed by atoms with Crippen LogP contribution < -0.4 is 5.32 Å². The highest BCUT2D eigenvalue weighted by Crippen LogP contribution is 2.05. The summed E-state index contributed by atoms with van der Waals surface area (Å²) in [6.07, 6.45) is 3.88. The molecule has 0 unspecified atom stereocenters.